The van der Waals surface area contributed by atoms with E-state index >= 15 is 0 Å². The molecule has 0 amide bonds. The Balaban J connectivity index is 2.39. The Morgan fingerprint density at radius 1 is 1.05 bits per heavy atom. The van der Waals surface area contributed by atoms with Crippen molar-refractivity contribution in [3.8, 4) is 11.1 Å². The summed E-state index contributed by atoms with van der Waals surface area (Å²) in [5.41, 5.74) is 0.973. The molecule has 2 aromatic heterocycles. The predicted molar refractivity (Wildman–Crippen MR) is 71.2 cm³/mol. The number of aryl methyl sites for hydroxylation is 1. The molecule has 0 saturated heterocycles. The third-order valence-electron chi connectivity index (χ3n) is 3.25. The lowest BCUT2D eigenvalue weighted by atomic mass is 10.0. The molecule has 0 N–H and O–H groups in total. The Morgan fingerprint density at radius 2 is 1.75 bits per heavy atom. The topological polar surface area (TPSA) is 17.8 Å². The fourth-order valence-corrected chi connectivity index (χ4v) is 2.38. The lowest BCUT2D eigenvalue weighted by Crippen LogP contribution is -2.06. The maximum absolute atomic E-state index is 13.2. The van der Waals surface area contributed by atoms with Gasteiger partial charge in [0.25, 0.3) is 0 Å². The SMILES string of the molecule is Cn1cc(-c2ccccc2)c2c(C(F)(F)F)ccnc21. The van der Waals surface area contributed by atoms with Crippen LogP contribution in [0, 0.1) is 0 Å². The summed E-state index contributed by atoms with van der Waals surface area (Å²) in [5.74, 6) is 0. The fourth-order valence-electron chi connectivity index (χ4n) is 2.38. The van der Waals surface area contributed by atoms with Gasteiger partial charge in [0.2, 0.25) is 0 Å². The lowest BCUT2D eigenvalue weighted by molar-refractivity contribution is -0.136. The Bertz CT molecular complexity index is 758. The zero-order chi connectivity index (χ0) is 14.3. The molecule has 0 unspecified atom stereocenters. The molecule has 102 valence electrons. The highest BCUT2D eigenvalue weighted by Crippen LogP contribution is 2.39. The van der Waals surface area contributed by atoms with E-state index in [0.29, 0.717) is 11.2 Å². The van der Waals surface area contributed by atoms with Gasteiger partial charge < -0.3 is 4.57 Å². The van der Waals surface area contributed by atoms with E-state index in [2.05, 4.69) is 4.98 Å². The number of benzene rings is 1. The van der Waals surface area contributed by atoms with Crippen LogP contribution in [0.15, 0.2) is 48.8 Å². The van der Waals surface area contributed by atoms with Crippen LogP contribution in [0.3, 0.4) is 0 Å². The van der Waals surface area contributed by atoms with Gasteiger partial charge in [-0.3, -0.25) is 0 Å². The van der Waals surface area contributed by atoms with Crippen LogP contribution in [-0.2, 0) is 13.2 Å². The van der Waals surface area contributed by atoms with Crippen molar-refractivity contribution >= 4 is 11.0 Å². The van der Waals surface area contributed by atoms with Gasteiger partial charge in [-0.2, -0.15) is 13.2 Å². The van der Waals surface area contributed by atoms with Gasteiger partial charge in [-0.05, 0) is 11.6 Å². The summed E-state index contributed by atoms with van der Waals surface area (Å²) >= 11 is 0. The molecule has 0 bridgehead atoms. The normalized spacial score (nSPS) is 12.0. The average Bonchev–Trinajstić information content (AvgIpc) is 2.76. The molecule has 0 radical (unpaired) electrons. The zero-order valence-corrected chi connectivity index (χ0v) is 10.6. The van der Waals surface area contributed by atoms with Crippen molar-refractivity contribution in [2.24, 2.45) is 7.05 Å². The smallest absolute Gasteiger partial charge is 0.335 e. The molecule has 0 aliphatic heterocycles. The van der Waals surface area contributed by atoms with Crippen LogP contribution in [0.25, 0.3) is 22.2 Å². The second kappa shape index (κ2) is 4.37. The number of fused-ring (bicyclic) bond motifs is 1. The molecule has 0 spiro atoms. The highest BCUT2D eigenvalue weighted by atomic mass is 19.4. The molecule has 0 aliphatic rings. The number of hydrogen-bond acceptors (Lipinski definition) is 1. The molecule has 1 aromatic carbocycles. The highest BCUT2D eigenvalue weighted by molar-refractivity contribution is 5.96. The summed E-state index contributed by atoms with van der Waals surface area (Å²) in [6, 6.07) is 10.0. The van der Waals surface area contributed by atoms with Crippen LogP contribution < -0.4 is 0 Å². The number of nitrogens with zero attached hydrogens (tertiary/aromatic N) is 2. The summed E-state index contributed by atoms with van der Waals surface area (Å²) in [4.78, 5) is 4.06. The molecule has 0 aliphatic carbocycles. The number of hydrogen-bond donors (Lipinski definition) is 0. The second-order valence-electron chi connectivity index (χ2n) is 4.57. The minimum atomic E-state index is -4.40. The summed E-state index contributed by atoms with van der Waals surface area (Å²) in [5, 5.41) is 0.147. The summed E-state index contributed by atoms with van der Waals surface area (Å²) in [6.45, 7) is 0. The molecule has 3 aromatic rings. The molecule has 3 rings (SSSR count). The van der Waals surface area contributed by atoms with Crippen molar-refractivity contribution in [2.45, 2.75) is 6.18 Å². The van der Waals surface area contributed by atoms with Crippen molar-refractivity contribution in [3.05, 3.63) is 54.4 Å². The molecule has 0 saturated carbocycles. The highest BCUT2D eigenvalue weighted by Gasteiger charge is 2.34. The van der Waals surface area contributed by atoms with Crippen LogP contribution in [0.2, 0.25) is 0 Å². The van der Waals surface area contributed by atoms with Crippen molar-refractivity contribution in [1.82, 2.24) is 9.55 Å². The summed E-state index contributed by atoms with van der Waals surface area (Å²) in [6.07, 6.45) is -1.52. The van der Waals surface area contributed by atoms with Crippen LogP contribution >= 0.6 is 0 Å². The number of halogens is 3. The molecule has 0 fully saturated rings. The lowest BCUT2D eigenvalue weighted by Gasteiger charge is -2.09. The van der Waals surface area contributed by atoms with Crippen molar-refractivity contribution in [1.29, 1.82) is 0 Å². The van der Waals surface area contributed by atoms with Gasteiger partial charge in [0, 0.05) is 30.4 Å². The first-order valence-corrected chi connectivity index (χ1v) is 6.05. The molecule has 5 heteroatoms. The molecule has 0 atom stereocenters. The number of alkyl halides is 3. The van der Waals surface area contributed by atoms with Crippen molar-refractivity contribution in [3.63, 3.8) is 0 Å². The predicted octanol–water partition coefficient (Wildman–Crippen LogP) is 4.26. The van der Waals surface area contributed by atoms with Gasteiger partial charge in [0.1, 0.15) is 5.65 Å². The minimum Gasteiger partial charge on any atom is -0.335 e. The van der Waals surface area contributed by atoms with E-state index in [1.54, 1.807) is 42.1 Å². The first kappa shape index (κ1) is 12.7. The molecular weight excluding hydrogens is 265 g/mol. The second-order valence-corrected chi connectivity index (χ2v) is 4.57. The van der Waals surface area contributed by atoms with E-state index in [1.807, 2.05) is 6.07 Å². The maximum Gasteiger partial charge on any atom is 0.417 e. The quantitative estimate of drug-likeness (QED) is 0.649. The van der Waals surface area contributed by atoms with Crippen LogP contribution in [0.5, 0.6) is 0 Å². The number of pyridine rings is 1. The van der Waals surface area contributed by atoms with Crippen LogP contribution in [-0.4, -0.2) is 9.55 Å². The first-order valence-electron chi connectivity index (χ1n) is 6.05. The monoisotopic (exact) mass is 276 g/mol. The summed E-state index contributed by atoms with van der Waals surface area (Å²) < 4.78 is 41.2. The van der Waals surface area contributed by atoms with Gasteiger partial charge >= 0.3 is 6.18 Å². The van der Waals surface area contributed by atoms with E-state index in [4.69, 9.17) is 0 Å². The Kier molecular flexibility index (Phi) is 2.78. The third kappa shape index (κ3) is 1.95. The molecule has 2 heterocycles. The Labute approximate surface area is 113 Å². The zero-order valence-electron chi connectivity index (χ0n) is 10.6. The van der Waals surface area contributed by atoms with E-state index < -0.39 is 11.7 Å². The molecular formula is C15H11F3N2. The minimum absolute atomic E-state index is 0.147. The van der Waals surface area contributed by atoms with Gasteiger partial charge in [0.05, 0.1) is 5.56 Å². The maximum atomic E-state index is 13.2. The number of rotatable bonds is 1. The van der Waals surface area contributed by atoms with Crippen LogP contribution in [0.4, 0.5) is 13.2 Å². The van der Waals surface area contributed by atoms with E-state index in [0.717, 1.165) is 11.6 Å². The van der Waals surface area contributed by atoms with E-state index in [1.165, 1.54) is 6.20 Å². The Morgan fingerprint density at radius 3 is 2.40 bits per heavy atom. The molecule has 20 heavy (non-hydrogen) atoms. The largest absolute Gasteiger partial charge is 0.417 e. The van der Waals surface area contributed by atoms with Gasteiger partial charge in [-0.15, -0.1) is 0 Å². The average molecular weight is 276 g/mol. The van der Waals surface area contributed by atoms with Crippen molar-refractivity contribution in [2.75, 3.05) is 0 Å². The Hall–Kier alpha value is -2.30. The molecule has 2 nitrogen and oxygen atoms in total. The number of aromatic nitrogens is 2. The third-order valence-corrected chi connectivity index (χ3v) is 3.25. The van der Waals surface area contributed by atoms with E-state index in [9.17, 15) is 13.2 Å². The van der Waals surface area contributed by atoms with Crippen molar-refractivity contribution < 1.29 is 13.2 Å². The summed E-state index contributed by atoms with van der Waals surface area (Å²) in [7, 11) is 1.70. The van der Waals surface area contributed by atoms with Gasteiger partial charge in [-0.1, -0.05) is 30.3 Å². The van der Waals surface area contributed by atoms with Gasteiger partial charge in [0.15, 0.2) is 0 Å². The first-order chi connectivity index (χ1) is 9.48. The fraction of sp³-hybridized carbons (Fsp3) is 0.133. The van der Waals surface area contributed by atoms with E-state index in [-0.39, 0.29) is 5.39 Å². The van der Waals surface area contributed by atoms with Crippen LogP contribution in [0.1, 0.15) is 5.56 Å². The van der Waals surface area contributed by atoms with Gasteiger partial charge in [-0.25, -0.2) is 4.98 Å². The standard InChI is InChI=1S/C15H11F3N2/c1-20-9-11(10-5-3-2-4-6-10)13-12(15(16,17)18)7-8-19-14(13)20/h2-9H,1H3.